The predicted octanol–water partition coefficient (Wildman–Crippen LogP) is 4.23. The molecule has 26 heavy (non-hydrogen) atoms. The maximum Gasteiger partial charge on any atom is 0.339 e. The average molecular weight is 484 g/mol. The summed E-state index contributed by atoms with van der Waals surface area (Å²) in [6.07, 6.45) is 0.212. The lowest BCUT2D eigenvalue weighted by atomic mass is 9.89. The number of rotatable bonds is 3. The molecular formula is C17H12Br2N2O5. The van der Waals surface area contributed by atoms with E-state index < -0.39 is 22.4 Å². The standard InChI is InChI=1S/C17H12Br2N2O5/c1-17(8-9-6-10(18)2-4-12(9)15(22)26-17)16(23)20-14-5-3-11(21(24)25)7-13(14)19/h2-7H,8H2,1H3,(H,20,23). The number of ether oxygens (including phenoxy) is 1. The molecule has 7 nitrogen and oxygen atoms in total. The van der Waals surface area contributed by atoms with Gasteiger partial charge in [-0.1, -0.05) is 15.9 Å². The summed E-state index contributed by atoms with van der Waals surface area (Å²) in [5.41, 5.74) is -0.0283. The number of nitro benzene ring substituents is 1. The highest BCUT2D eigenvalue weighted by Gasteiger charge is 2.43. The van der Waals surface area contributed by atoms with E-state index in [0.717, 1.165) is 4.47 Å². The number of halogens is 2. The van der Waals surface area contributed by atoms with E-state index >= 15 is 0 Å². The van der Waals surface area contributed by atoms with Crippen LogP contribution in [0.3, 0.4) is 0 Å². The molecule has 0 spiro atoms. The summed E-state index contributed by atoms with van der Waals surface area (Å²) >= 11 is 6.55. The molecule has 0 fully saturated rings. The third-order valence-electron chi connectivity index (χ3n) is 4.02. The molecule has 2 aromatic carbocycles. The maximum absolute atomic E-state index is 12.7. The number of anilines is 1. The summed E-state index contributed by atoms with van der Waals surface area (Å²) < 4.78 is 6.54. The molecule has 0 radical (unpaired) electrons. The second kappa shape index (κ2) is 6.81. The number of nitro groups is 1. The fourth-order valence-electron chi connectivity index (χ4n) is 2.67. The van der Waals surface area contributed by atoms with Crippen molar-refractivity contribution in [1.82, 2.24) is 0 Å². The molecule has 9 heteroatoms. The second-order valence-electron chi connectivity index (χ2n) is 5.97. The van der Waals surface area contributed by atoms with Crippen LogP contribution >= 0.6 is 31.9 Å². The summed E-state index contributed by atoms with van der Waals surface area (Å²) in [6.45, 7) is 1.53. The lowest BCUT2D eigenvalue weighted by Gasteiger charge is -2.33. The lowest BCUT2D eigenvalue weighted by molar-refractivity contribution is -0.384. The molecule has 1 heterocycles. The van der Waals surface area contributed by atoms with Crippen LogP contribution < -0.4 is 5.32 Å². The van der Waals surface area contributed by atoms with E-state index in [9.17, 15) is 19.7 Å². The minimum atomic E-state index is -1.40. The molecule has 134 valence electrons. The fourth-order valence-corrected chi connectivity index (χ4v) is 3.54. The number of amides is 1. The first kappa shape index (κ1) is 18.5. The van der Waals surface area contributed by atoms with Gasteiger partial charge >= 0.3 is 5.97 Å². The van der Waals surface area contributed by atoms with Crippen LogP contribution in [0.4, 0.5) is 11.4 Å². The number of non-ortho nitro benzene ring substituents is 1. The number of nitrogens with zero attached hydrogens (tertiary/aromatic N) is 1. The Morgan fingerprint density at radius 3 is 2.65 bits per heavy atom. The molecule has 1 aliphatic rings. The molecule has 0 aliphatic carbocycles. The van der Waals surface area contributed by atoms with Gasteiger partial charge in [0.1, 0.15) is 0 Å². The van der Waals surface area contributed by atoms with E-state index in [2.05, 4.69) is 37.2 Å². The Morgan fingerprint density at radius 2 is 2.00 bits per heavy atom. The maximum atomic E-state index is 12.7. The summed E-state index contributed by atoms with van der Waals surface area (Å²) in [4.78, 5) is 35.3. The first-order valence-corrected chi connectivity index (χ1v) is 9.05. The van der Waals surface area contributed by atoms with Crippen molar-refractivity contribution in [1.29, 1.82) is 0 Å². The number of carbonyl (C=O) groups is 2. The van der Waals surface area contributed by atoms with Gasteiger partial charge in [0.05, 0.1) is 16.2 Å². The van der Waals surface area contributed by atoms with Crippen molar-refractivity contribution in [2.45, 2.75) is 18.9 Å². The van der Waals surface area contributed by atoms with Crippen LogP contribution in [-0.4, -0.2) is 22.4 Å². The fraction of sp³-hybridized carbons (Fsp3) is 0.176. The van der Waals surface area contributed by atoms with E-state index in [1.54, 1.807) is 18.2 Å². The predicted molar refractivity (Wildman–Crippen MR) is 101 cm³/mol. The highest BCUT2D eigenvalue weighted by atomic mass is 79.9. The SMILES string of the molecule is CC1(C(=O)Nc2ccc([N+](=O)[O-])cc2Br)Cc2cc(Br)ccc2C(=O)O1. The van der Waals surface area contributed by atoms with Crippen LogP contribution in [0.5, 0.6) is 0 Å². The molecule has 0 bridgehead atoms. The second-order valence-corrected chi connectivity index (χ2v) is 7.74. The van der Waals surface area contributed by atoms with E-state index in [1.807, 2.05) is 0 Å². The number of cyclic esters (lactones) is 1. The summed E-state index contributed by atoms with van der Waals surface area (Å²) in [6, 6.07) is 9.14. The van der Waals surface area contributed by atoms with E-state index in [0.29, 0.717) is 21.3 Å². The number of hydrogen-bond donors (Lipinski definition) is 1. The molecule has 0 aromatic heterocycles. The highest BCUT2D eigenvalue weighted by molar-refractivity contribution is 9.10. The molecule has 1 unspecified atom stereocenters. The Balaban J connectivity index is 1.86. The van der Waals surface area contributed by atoms with E-state index in [1.165, 1.54) is 25.1 Å². The van der Waals surface area contributed by atoms with Crippen molar-refractivity contribution in [2.24, 2.45) is 0 Å². The minimum absolute atomic E-state index is 0.107. The Labute approximate surface area is 165 Å². The van der Waals surface area contributed by atoms with Crippen LogP contribution in [0, 0.1) is 10.1 Å². The zero-order valence-electron chi connectivity index (χ0n) is 13.4. The Bertz CT molecular complexity index is 947. The third kappa shape index (κ3) is 3.49. The van der Waals surface area contributed by atoms with Gasteiger partial charge in [0.25, 0.3) is 11.6 Å². The Morgan fingerprint density at radius 1 is 1.27 bits per heavy atom. The molecule has 1 N–H and O–H groups in total. The smallest absolute Gasteiger partial charge is 0.339 e. The number of hydrogen-bond acceptors (Lipinski definition) is 5. The zero-order valence-corrected chi connectivity index (χ0v) is 16.6. The number of esters is 1. The van der Waals surface area contributed by atoms with Gasteiger partial charge in [-0.3, -0.25) is 14.9 Å². The van der Waals surface area contributed by atoms with Crippen molar-refractivity contribution in [3.05, 3.63) is 66.6 Å². The van der Waals surface area contributed by atoms with Crippen LogP contribution in [0.1, 0.15) is 22.8 Å². The Hall–Kier alpha value is -2.26. The molecule has 2 aromatic rings. The van der Waals surface area contributed by atoms with Gasteiger partial charge in [-0.2, -0.15) is 0 Å². The van der Waals surface area contributed by atoms with Gasteiger partial charge in [0.2, 0.25) is 0 Å². The van der Waals surface area contributed by atoms with E-state index in [-0.39, 0.29) is 12.1 Å². The van der Waals surface area contributed by atoms with Crippen LogP contribution in [-0.2, 0) is 16.0 Å². The third-order valence-corrected chi connectivity index (χ3v) is 5.17. The molecule has 1 aliphatic heterocycles. The van der Waals surface area contributed by atoms with Crippen molar-refractivity contribution >= 4 is 55.1 Å². The van der Waals surface area contributed by atoms with Crippen molar-refractivity contribution in [3.8, 4) is 0 Å². The van der Waals surface area contributed by atoms with Gasteiger partial charge in [-0.05, 0) is 52.7 Å². The van der Waals surface area contributed by atoms with E-state index in [4.69, 9.17) is 4.74 Å². The van der Waals surface area contributed by atoms with Crippen molar-refractivity contribution in [2.75, 3.05) is 5.32 Å². The highest BCUT2D eigenvalue weighted by Crippen LogP contribution is 2.33. The van der Waals surface area contributed by atoms with Gasteiger partial charge in [-0.15, -0.1) is 0 Å². The number of nitrogens with one attached hydrogen (secondary N) is 1. The normalized spacial score (nSPS) is 18.7. The quantitative estimate of drug-likeness (QED) is 0.400. The number of benzene rings is 2. The van der Waals surface area contributed by atoms with Crippen molar-refractivity contribution in [3.63, 3.8) is 0 Å². The summed E-state index contributed by atoms with van der Waals surface area (Å²) in [7, 11) is 0. The van der Waals surface area contributed by atoms with Crippen molar-refractivity contribution < 1.29 is 19.2 Å². The van der Waals surface area contributed by atoms with Crippen LogP contribution in [0.2, 0.25) is 0 Å². The molecule has 0 saturated carbocycles. The molecule has 1 amide bonds. The minimum Gasteiger partial charge on any atom is -0.445 e. The summed E-state index contributed by atoms with van der Waals surface area (Å²) in [5.74, 6) is -1.09. The topological polar surface area (TPSA) is 98.5 Å². The van der Waals surface area contributed by atoms with Gasteiger partial charge in [0, 0.05) is 27.5 Å². The first-order valence-electron chi connectivity index (χ1n) is 7.47. The Kier molecular flexibility index (Phi) is 4.85. The number of carbonyl (C=O) groups excluding carboxylic acids is 2. The number of fused-ring (bicyclic) bond motifs is 1. The molecule has 0 saturated heterocycles. The largest absolute Gasteiger partial charge is 0.445 e. The lowest BCUT2D eigenvalue weighted by Crippen LogP contribution is -2.49. The van der Waals surface area contributed by atoms with Crippen LogP contribution in [0.25, 0.3) is 0 Å². The average Bonchev–Trinajstić information content (AvgIpc) is 2.55. The van der Waals surface area contributed by atoms with Crippen LogP contribution in [0.15, 0.2) is 45.3 Å². The molecule has 3 rings (SSSR count). The molecule has 1 atom stereocenters. The first-order chi connectivity index (χ1) is 12.2. The zero-order chi connectivity index (χ0) is 19.1. The van der Waals surface area contributed by atoms with Gasteiger partial charge in [0.15, 0.2) is 5.60 Å². The molecular weight excluding hydrogens is 472 g/mol. The monoisotopic (exact) mass is 482 g/mol. The van der Waals surface area contributed by atoms with Gasteiger partial charge < -0.3 is 10.1 Å². The van der Waals surface area contributed by atoms with Gasteiger partial charge in [-0.25, -0.2) is 4.79 Å². The summed E-state index contributed by atoms with van der Waals surface area (Å²) in [5, 5.41) is 13.5.